The molecule has 1 aliphatic heterocycles. The molecule has 1 fully saturated rings. The number of hydrogen-bond donors (Lipinski definition) is 1. The Morgan fingerprint density at radius 3 is 2.60 bits per heavy atom. The van der Waals surface area contributed by atoms with Gasteiger partial charge < -0.3 is 5.32 Å². The molecule has 20 heavy (non-hydrogen) atoms. The zero-order valence-electron chi connectivity index (χ0n) is 12.2. The molecule has 2 rings (SSSR count). The summed E-state index contributed by atoms with van der Waals surface area (Å²) in [6.45, 7) is 5.17. The molecule has 0 spiro atoms. The zero-order chi connectivity index (χ0) is 14.5. The topological polar surface area (TPSA) is 49.4 Å². The number of imide groups is 1. The molecule has 0 aliphatic carbocycles. The number of piperidine rings is 1. The predicted octanol–water partition coefficient (Wildman–Crippen LogP) is 2.79. The number of anilines is 1. The van der Waals surface area contributed by atoms with Gasteiger partial charge in [-0.2, -0.15) is 0 Å². The van der Waals surface area contributed by atoms with Gasteiger partial charge in [-0.1, -0.05) is 19.1 Å². The first kappa shape index (κ1) is 14.7. The summed E-state index contributed by atoms with van der Waals surface area (Å²) in [5, 5.41) is 3.41. The Hall–Kier alpha value is -1.68. The van der Waals surface area contributed by atoms with E-state index in [1.807, 2.05) is 24.3 Å². The van der Waals surface area contributed by atoms with E-state index < -0.39 is 0 Å². The van der Waals surface area contributed by atoms with Crippen LogP contribution in [0, 0.1) is 0 Å². The van der Waals surface area contributed by atoms with Crippen LogP contribution >= 0.6 is 0 Å². The Balaban J connectivity index is 2.20. The molecule has 4 nitrogen and oxygen atoms in total. The van der Waals surface area contributed by atoms with Gasteiger partial charge in [-0.05, 0) is 44.0 Å². The van der Waals surface area contributed by atoms with Crippen LogP contribution in [0.3, 0.4) is 0 Å². The number of nitrogens with zero attached hydrogens (tertiary/aromatic N) is 1. The van der Waals surface area contributed by atoms with Gasteiger partial charge in [0.25, 0.3) is 0 Å². The Morgan fingerprint density at radius 1 is 1.25 bits per heavy atom. The van der Waals surface area contributed by atoms with Crippen LogP contribution in [-0.2, 0) is 9.59 Å². The molecule has 108 valence electrons. The van der Waals surface area contributed by atoms with E-state index in [1.54, 1.807) is 0 Å². The maximum atomic E-state index is 11.9. The average molecular weight is 274 g/mol. The molecular formula is C16H22N2O2. The van der Waals surface area contributed by atoms with Crippen LogP contribution in [-0.4, -0.2) is 18.4 Å². The standard InChI is InChI=1S/C16H22N2O2/c1-3-10-17-12(2)13-6-4-7-14(11-13)18-15(19)8-5-9-16(18)20/h4,6-7,11-12,17H,3,5,8-10H2,1-2H3. The summed E-state index contributed by atoms with van der Waals surface area (Å²) in [6.07, 6.45) is 2.66. The van der Waals surface area contributed by atoms with Gasteiger partial charge in [0.15, 0.2) is 0 Å². The van der Waals surface area contributed by atoms with Gasteiger partial charge in [-0.3, -0.25) is 14.5 Å². The minimum absolute atomic E-state index is 0.0902. The molecule has 1 aliphatic rings. The molecule has 1 aromatic rings. The largest absolute Gasteiger partial charge is 0.310 e. The average Bonchev–Trinajstić information content (AvgIpc) is 2.45. The minimum Gasteiger partial charge on any atom is -0.310 e. The van der Waals surface area contributed by atoms with Crippen molar-refractivity contribution in [3.8, 4) is 0 Å². The van der Waals surface area contributed by atoms with Crippen LogP contribution < -0.4 is 10.2 Å². The quantitative estimate of drug-likeness (QED) is 0.840. The fraction of sp³-hybridized carbons (Fsp3) is 0.500. The third kappa shape index (κ3) is 3.25. The van der Waals surface area contributed by atoms with Crippen LogP contribution in [0.25, 0.3) is 0 Å². The molecule has 1 heterocycles. The molecule has 1 atom stereocenters. The van der Waals surface area contributed by atoms with Crippen LogP contribution in [0.5, 0.6) is 0 Å². The fourth-order valence-corrected chi connectivity index (χ4v) is 2.45. The Morgan fingerprint density at radius 2 is 1.95 bits per heavy atom. The lowest BCUT2D eigenvalue weighted by Gasteiger charge is -2.26. The molecule has 1 N–H and O–H groups in total. The van der Waals surface area contributed by atoms with Gasteiger partial charge in [-0.25, -0.2) is 0 Å². The van der Waals surface area contributed by atoms with E-state index in [2.05, 4.69) is 19.2 Å². The Bertz CT molecular complexity index is 483. The minimum atomic E-state index is -0.0902. The van der Waals surface area contributed by atoms with Crippen LogP contribution in [0.2, 0.25) is 0 Å². The number of amides is 2. The smallest absolute Gasteiger partial charge is 0.233 e. The van der Waals surface area contributed by atoms with E-state index in [-0.39, 0.29) is 17.9 Å². The first-order valence-electron chi connectivity index (χ1n) is 7.32. The summed E-state index contributed by atoms with van der Waals surface area (Å²) in [5.74, 6) is -0.180. The third-order valence-electron chi connectivity index (χ3n) is 3.61. The summed E-state index contributed by atoms with van der Waals surface area (Å²) in [6, 6.07) is 7.91. The maximum absolute atomic E-state index is 11.9. The highest BCUT2D eigenvalue weighted by atomic mass is 16.2. The summed E-state index contributed by atoms with van der Waals surface area (Å²) in [7, 11) is 0. The van der Waals surface area contributed by atoms with E-state index >= 15 is 0 Å². The SMILES string of the molecule is CCCNC(C)c1cccc(N2C(=O)CCCC2=O)c1. The van der Waals surface area contributed by atoms with Gasteiger partial charge in [0, 0.05) is 18.9 Å². The normalized spacial score (nSPS) is 17.4. The summed E-state index contributed by atoms with van der Waals surface area (Å²) >= 11 is 0. The van der Waals surface area contributed by atoms with Crippen molar-refractivity contribution in [2.75, 3.05) is 11.4 Å². The number of carbonyl (C=O) groups excluding carboxylic acids is 2. The number of rotatable bonds is 5. The van der Waals surface area contributed by atoms with E-state index in [9.17, 15) is 9.59 Å². The highest BCUT2D eigenvalue weighted by Gasteiger charge is 2.27. The second kappa shape index (κ2) is 6.66. The molecule has 0 aromatic heterocycles. The van der Waals surface area contributed by atoms with Crippen LogP contribution in [0.15, 0.2) is 24.3 Å². The lowest BCUT2D eigenvalue weighted by Crippen LogP contribution is -2.40. The van der Waals surface area contributed by atoms with Crippen molar-refractivity contribution in [2.45, 2.75) is 45.6 Å². The summed E-state index contributed by atoms with van der Waals surface area (Å²) < 4.78 is 0. The third-order valence-corrected chi connectivity index (χ3v) is 3.61. The summed E-state index contributed by atoms with van der Waals surface area (Å²) in [4.78, 5) is 25.2. The van der Waals surface area contributed by atoms with E-state index in [1.165, 1.54) is 4.90 Å². The van der Waals surface area contributed by atoms with Gasteiger partial charge in [0.2, 0.25) is 11.8 Å². The van der Waals surface area contributed by atoms with Crippen molar-refractivity contribution in [2.24, 2.45) is 0 Å². The molecule has 0 radical (unpaired) electrons. The second-order valence-electron chi connectivity index (χ2n) is 5.25. The fourth-order valence-electron chi connectivity index (χ4n) is 2.45. The highest BCUT2D eigenvalue weighted by molar-refractivity contribution is 6.16. The molecule has 1 saturated heterocycles. The van der Waals surface area contributed by atoms with Crippen molar-refractivity contribution in [1.29, 1.82) is 0 Å². The zero-order valence-corrected chi connectivity index (χ0v) is 12.2. The van der Waals surface area contributed by atoms with Gasteiger partial charge in [0.1, 0.15) is 0 Å². The highest BCUT2D eigenvalue weighted by Crippen LogP contribution is 2.25. The second-order valence-corrected chi connectivity index (χ2v) is 5.25. The van der Waals surface area contributed by atoms with Gasteiger partial charge >= 0.3 is 0 Å². The number of carbonyl (C=O) groups is 2. The number of benzene rings is 1. The first-order chi connectivity index (χ1) is 9.63. The lowest BCUT2D eigenvalue weighted by molar-refractivity contribution is -0.129. The molecule has 4 heteroatoms. The van der Waals surface area contributed by atoms with E-state index in [0.29, 0.717) is 24.9 Å². The molecule has 1 unspecified atom stereocenters. The molecule has 0 bridgehead atoms. The van der Waals surface area contributed by atoms with Crippen molar-refractivity contribution < 1.29 is 9.59 Å². The van der Waals surface area contributed by atoms with Gasteiger partial charge in [0.05, 0.1) is 5.69 Å². The molecular weight excluding hydrogens is 252 g/mol. The van der Waals surface area contributed by atoms with Crippen LogP contribution in [0.4, 0.5) is 5.69 Å². The van der Waals surface area contributed by atoms with Crippen molar-refractivity contribution in [1.82, 2.24) is 5.32 Å². The Labute approximate surface area is 120 Å². The number of nitrogens with one attached hydrogen (secondary N) is 1. The summed E-state index contributed by atoms with van der Waals surface area (Å²) in [5.41, 5.74) is 1.80. The van der Waals surface area contributed by atoms with Gasteiger partial charge in [-0.15, -0.1) is 0 Å². The monoisotopic (exact) mass is 274 g/mol. The lowest BCUT2D eigenvalue weighted by atomic mass is 10.0. The molecule has 1 aromatic carbocycles. The first-order valence-corrected chi connectivity index (χ1v) is 7.32. The van der Waals surface area contributed by atoms with Crippen LogP contribution in [0.1, 0.15) is 51.1 Å². The molecule has 0 saturated carbocycles. The Kier molecular flexibility index (Phi) is 4.90. The van der Waals surface area contributed by atoms with Crippen molar-refractivity contribution >= 4 is 17.5 Å². The number of hydrogen-bond acceptors (Lipinski definition) is 3. The van der Waals surface area contributed by atoms with E-state index in [4.69, 9.17) is 0 Å². The molecule has 2 amide bonds. The van der Waals surface area contributed by atoms with Crippen molar-refractivity contribution in [3.63, 3.8) is 0 Å². The van der Waals surface area contributed by atoms with Crippen molar-refractivity contribution in [3.05, 3.63) is 29.8 Å². The van der Waals surface area contributed by atoms with E-state index in [0.717, 1.165) is 18.5 Å². The maximum Gasteiger partial charge on any atom is 0.233 e. The predicted molar refractivity (Wildman–Crippen MR) is 79.5 cm³/mol.